The molecule has 3 aromatic carbocycles. The Morgan fingerprint density at radius 3 is 2.18 bits per heavy atom. The molecule has 1 heterocycles. The zero-order valence-electron chi connectivity index (χ0n) is 16.8. The molecule has 0 fully saturated rings. The van der Waals surface area contributed by atoms with Crippen LogP contribution in [0.3, 0.4) is 0 Å². The number of hydrogen-bond donors (Lipinski definition) is 4. The Morgan fingerprint density at radius 1 is 0.879 bits per heavy atom. The lowest BCUT2D eigenvalue weighted by Gasteiger charge is -2.12. The van der Waals surface area contributed by atoms with Gasteiger partial charge >= 0.3 is 12.2 Å². The first-order valence-electron chi connectivity index (χ1n) is 9.59. The highest BCUT2D eigenvalue weighted by Crippen LogP contribution is 2.34. The van der Waals surface area contributed by atoms with Gasteiger partial charge in [0.1, 0.15) is 11.5 Å². The number of fused-ring (bicyclic) bond motifs is 1. The normalized spacial score (nSPS) is 11.4. The summed E-state index contributed by atoms with van der Waals surface area (Å²) in [5.41, 5.74) is 6.40. The number of rotatable bonds is 4. The molecule has 0 unspecified atom stereocenters. The van der Waals surface area contributed by atoms with Gasteiger partial charge in [0.15, 0.2) is 0 Å². The lowest BCUT2D eigenvalue weighted by Crippen LogP contribution is -2.20. The van der Waals surface area contributed by atoms with Gasteiger partial charge in [0, 0.05) is 27.8 Å². The number of nitrogens with two attached hydrogens (primary N) is 1. The SMILES string of the molecule is NC(=O)c1[nH]c2ccccc2c1-c1ccc(NC(=O)Nc2ccc(F)c(C(F)(F)F)c2)cc1. The Bertz CT molecular complexity index is 1360. The largest absolute Gasteiger partial charge is 0.419 e. The van der Waals surface area contributed by atoms with Crippen LogP contribution in [0.1, 0.15) is 16.1 Å². The van der Waals surface area contributed by atoms with Gasteiger partial charge in [-0.05, 0) is 42.0 Å². The van der Waals surface area contributed by atoms with Crippen LogP contribution in [0.25, 0.3) is 22.0 Å². The Labute approximate surface area is 184 Å². The Balaban J connectivity index is 1.54. The van der Waals surface area contributed by atoms with Crippen molar-refractivity contribution in [3.8, 4) is 11.1 Å². The maximum absolute atomic E-state index is 13.4. The van der Waals surface area contributed by atoms with Crippen molar-refractivity contribution in [2.75, 3.05) is 10.6 Å². The molecule has 168 valence electrons. The van der Waals surface area contributed by atoms with Crippen LogP contribution in [0, 0.1) is 5.82 Å². The van der Waals surface area contributed by atoms with Crippen molar-refractivity contribution in [3.63, 3.8) is 0 Å². The number of carbonyl (C=O) groups excluding carboxylic acids is 2. The Hall–Kier alpha value is -4.34. The summed E-state index contributed by atoms with van der Waals surface area (Å²) in [5, 5.41) is 5.52. The third-order valence-electron chi connectivity index (χ3n) is 4.91. The molecule has 0 aliphatic carbocycles. The number of alkyl halides is 3. The third-order valence-corrected chi connectivity index (χ3v) is 4.91. The van der Waals surface area contributed by atoms with Gasteiger partial charge in [-0.3, -0.25) is 4.79 Å². The number of carbonyl (C=O) groups is 2. The molecular weight excluding hydrogens is 440 g/mol. The minimum absolute atomic E-state index is 0.220. The molecular formula is C23H16F4N4O2. The number of primary amides is 1. The number of urea groups is 1. The van der Waals surface area contributed by atoms with Crippen LogP contribution in [-0.2, 0) is 6.18 Å². The van der Waals surface area contributed by atoms with E-state index in [9.17, 15) is 27.2 Å². The highest BCUT2D eigenvalue weighted by atomic mass is 19.4. The van der Waals surface area contributed by atoms with Crippen molar-refractivity contribution >= 4 is 34.2 Å². The maximum Gasteiger partial charge on any atom is 0.419 e. The first kappa shape index (κ1) is 21.9. The summed E-state index contributed by atoms with van der Waals surface area (Å²) in [7, 11) is 0. The number of aromatic nitrogens is 1. The van der Waals surface area contributed by atoms with E-state index in [1.165, 1.54) is 0 Å². The van der Waals surface area contributed by atoms with E-state index in [4.69, 9.17) is 5.73 Å². The molecule has 0 atom stereocenters. The highest BCUT2D eigenvalue weighted by Gasteiger charge is 2.34. The van der Waals surface area contributed by atoms with Crippen LogP contribution in [0.4, 0.5) is 33.7 Å². The monoisotopic (exact) mass is 456 g/mol. The molecule has 0 aliphatic rings. The number of anilines is 2. The van der Waals surface area contributed by atoms with Gasteiger partial charge in [-0.15, -0.1) is 0 Å². The molecule has 5 N–H and O–H groups in total. The highest BCUT2D eigenvalue weighted by molar-refractivity contribution is 6.09. The predicted molar refractivity (Wildman–Crippen MR) is 116 cm³/mol. The molecule has 0 saturated carbocycles. The molecule has 33 heavy (non-hydrogen) atoms. The van der Waals surface area contributed by atoms with E-state index in [1.807, 2.05) is 24.3 Å². The van der Waals surface area contributed by atoms with Crippen molar-refractivity contribution in [2.24, 2.45) is 5.73 Å². The number of H-pyrrole nitrogens is 1. The number of para-hydroxylation sites is 1. The number of hydrogen-bond acceptors (Lipinski definition) is 2. The zero-order valence-corrected chi connectivity index (χ0v) is 16.8. The lowest BCUT2D eigenvalue weighted by molar-refractivity contribution is -0.139. The summed E-state index contributed by atoms with van der Waals surface area (Å²) in [6.45, 7) is 0. The molecule has 4 aromatic rings. The van der Waals surface area contributed by atoms with Gasteiger partial charge in [-0.25, -0.2) is 9.18 Å². The molecule has 6 nitrogen and oxygen atoms in total. The van der Waals surface area contributed by atoms with Gasteiger partial charge in [0.25, 0.3) is 5.91 Å². The number of amides is 3. The van der Waals surface area contributed by atoms with E-state index in [-0.39, 0.29) is 11.4 Å². The molecule has 0 saturated heterocycles. The second-order valence-electron chi connectivity index (χ2n) is 7.13. The number of benzene rings is 3. The standard InChI is InChI=1S/C23H16F4N4O2/c24-17-10-9-14(11-16(17)23(25,26)27)30-22(33)29-13-7-5-12(6-8-13)19-15-3-1-2-4-18(15)31-20(19)21(28)32/h1-11,31H,(H2,28,32)(H2,29,30,33). The van der Waals surface area contributed by atoms with Crippen LogP contribution < -0.4 is 16.4 Å². The van der Waals surface area contributed by atoms with E-state index in [1.54, 1.807) is 24.3 Å². The molecule has 0 radical (unpaired) electrons. The maximum atomic E-state index is 13.4. The first-order valence-corrected chi connectivity index (χ1v) is 9.59. The molecule has 3 amide bonds. The number of aromatic amines is 1. The van der Waals surface area contributed by atoms with E-state index in [0.717, 1.165) is 17.0 Å². The van der Waals surface area contributed by atoms with Crippen molar-refractivity contribution in [3.05, 3.63) is 83.8 Å². The summed E-state index contributed by atoms with van der Waals surface area (Å²) >= 11 is 0. The van der Waals surface area contributed by atoms with E-state index < -0.39 is 29.5 Å². The fraction of sp³-hybridized carbons (Fsp3) is 0.0435. The average molecular weight is 456 g/mol. The van der Waals surface area contributed by atoms with Gasteiger partial charge in [-0.2, -0.15) is 13.2 Å². The second-order valence-corrected chi connectivity index (χ2v) is 7.13. The van der Waals surface area contributed by atoms with Crippen molar-refractivity contribution < 1.29 is 27.2 Å². The minimum atomic E-state index is -4.89. The predicted octanol–water partition coefficient (Wildman–Crippen LogP) is 5.74. The Kier molecular flexibility index (Phi) is 5.50. The van der Waals surface area contributed by atoms with E-state index >= 15 is 0 Å². The fourth-order valence-electron chi connectivity index (χ4n) is 3.46. The molecule has 10 heteroatoms. The van der Waals surface area contributed by atoms with Crippen LogP contribution in [0.2, 0.25) is 0 Å². The van der Waals surface area contributed by atoms with Gasteiger partial charge in [-0.1, -0.05) is 30.3 Å². The minimum Gasteiger partial charge on any atom is -0.364 e. The fourth-order valence-corrected chi connectivity index (χ4v) is 3.46. The first-order chi connectivity index (χ1) is 15.6. The smallest absolute Gasteiger partial charge is 0.364 e. The van der Waals surface area contributed by atoms with Crippen LogP contribution in [0.5, 0.6) is 0 Å². The van der Waals surface area contributed by atoms with Gasteiger partial charge < -0.3 is 21.4 Å². The molecule has 0 aliphatic heterocycles. The summed E-state index contributed by atoms with van der Waals surface area (Å²) in [6.07, 6.45) is -4.89. The van der Waals surface area contributed by atoms with Crippen LogP contribution in [0.15, 0.2) is 66.7 Å². The summed E-state index contributed by atoms with van der Waals surface area (Å²) in [4.78, 5) is 27.1. The topological polar surface area (TPSA) is 100 Å². The summed E-state index contributed by atoms with van der Waals surface area (Å²) < 4.78 is 51.9. The van der Waals surface area contributed by atoms with Crippen molar-refractivity contribution in [2.45, 2.75) is 6.18 Å². The average Bonchev–Trinajstić information content (AvgIpc) is 3.15. The van der Waals surface area contributed by atoms with Crippen molar-refractivity contribution in [1.29, 1.82) is 0 Å². The quantitative estimate of drug-likeness (QED) is 0.295. The summed E-state index contributed by atoms with van der Waals surface area (Å²) in [6, 6.07) is 15.1. The molecule has 1 aromatic heterocycles. The van der Waals surface area contributed by atoms with Crippen molar-refractivity contribution in [1.82, 2.24) is 4.98 Å². The number of halogens is 4. The molecule has 4 rings (SSSR count). The summed E-state index contributed by atoms with van der Waals surface area (Å²) in [5.74, 6) is -2.06. The number of nitrogens with one attached hydrogen (secondary N) is 3. The lowest BCUT2D eigenvalue weighted by atomic mass is 10.0. The zero-order chi connectivity index (χ0) is 23.8. The van der Waals surface area contributed by atoms with E-state index in [2.05, 4.69) is 15.6 Å². The Morgan fingerprint density at radius 2 is 1.52 bits per heavy atom. The molecule has 0 bridgehead atoms. The van der Waals surface area contributed by atoms with Gasteiger partial charge in [0.05, 0.1) is 5.56 Å². The van der Waals surface area contributed by atoms with Gasteiger partial charge in [0.2, 0.25) is 0 Å². The van der Waals surface area contributed by atoms with Crippen LogP contribution >= 0.6 is 0 Å². The molecule has 0 spiro atoms. The van der Waals surface area contributed by atoms with E-state index in [0.29, 0.717) is 28.9 Å². The second kappa shape index (κ2) is 8.30. The third kappa shape index (κ3) is 4.49. The van der Waals surface area contributed by atoms with Crippen LogP contribution in [-0.4, -0.2) is 16.9 Å².